The van der Waals surface area contributed by atoms with Crippen molar-refractivity contribution in [3.63, 3.8) is 0 Å². The van der Waals surface area contributed by atoms with Gasteiger partial charge in [0.2, 0.25) is 0 Å². The number of carboxylic acids is 2. The minimum atomic E-state index is -2.19. The minimum absolute atomic E-state index is 0. The van der Waals surface area contributed by atoms with Gasteiger partial charge < -0.3 is 19.8 Å². The topological polar surface area (TPSA) is 80.3 Å². The van der Waals surface area contributed by atoms with Crippen LogP contribution >= 0.6 is 0 Å². The van der Waals surface area contributed by atoms with Crippen LogP contribution in [0.4, 0.5) is 0 Å². The Balaban J connectivity index is 0. The van der Waals surface area contributed by atoms with E-state index in [4.69, 9.17) is 19.8 Å². The Labute approximate surface area is 56.1 Å². The molecule has 0 aromatic heterocycles. The predicted octanol–water partition coefficient (Wildman–Crippen LogP) is -4.43. The molecule has 0 atom stereocenters. The van der Waals surface area contributed by atoms with E-state index in [1.807, 2.05) is 0 Å². The molecule has 0 aromatic rings. The van der Waals surface area contributed by atoms with Gasteiger partial charge in [-0.1, -0.05) is 0 Å². The number of hydrogen-bond acceptors (Lipinski definition) is 4. The summed E-state index contributed by atoms with van der Waals surface area (Å²) < 4.78 is 0. The molecular weight excluding hydrogens is 207 g/mol. The number of carboxylic acid groups (broad SMARTS) is 2. The first kappa shape index (κ1) is 9.88. The van der Waals surface area contributed by atoms with E-state index in [0.29, 0.717) is 0 Å². The van der Waals surface area contributed by atoms with Crippen molar-refractivity contribution in [2.24, 2.45) is 0 Å². The molecule has 0 radical (unpaired) electrons. The molecule has 4 nitrogen and oxygen atoms in total. The standard InChI is InChI=1S/C2H2O4.Sn.2H/c3-1(4)2(5)6;;;/h(H,3,4)(H,5,6);;;/q;+2;;/p-2. The predicted molar refractivity (Wildman–Crippen MR) is 18.6 cm³/mol. The van der Waals surface area contributed by atoms with E-state index in [1.165, 1.54) is 0 Å². The van der Waals surface area contributed by atoms with Crippen LogP contribution in [-0.4, -0.2) is 35.8 Å². The second-order valence-electron chi connectivity index (χ2n) is 0.575. The molecule has 38 valence electrons. The van der Waals surface area contributed by atoms with Gasteiger partial charge in [0, 0.05) is 0 Å². The van der Waals surface area contributed by atoms with Gasteiger partial charge in [0.05, 0.1) is 11.9 Å². The van der Waals surface area contributed by atoms with Gasteiger partial charge in [-0.25, -0.2) is 0 Å². The van der Waals surface area contributed by atoms with Crippen LogP contribution in [0.25, 0.3) is 0 Å². The van der Waals surface area contributed by atoms with Crippen LogP contribution in [0.15, 0.2) is 0 Å². The second kappa shape index (κ2) is 3.91. The second-order valence-corrected chi connectivity index (χ2v) is 0.575. The van der Waals surface area contributed by atoms with Crippen molar-refractivity contribution < 1.29 is 19.8 Å². The van der Waals surface area contributed by atoms with Crippen LogP contribution in [-0.2, 0) is 9.59 Å². The van der Waals surface area contributed by atoms with Crippen LogP contribution in [0.5, 0.6) is 0 Å². The SMILES string of the molecule is O=C([O-])C(=O)[O-].[SnH2+2]. The molecule has 0 aromatic carbocycles. The zero-order valence-electron chi connectivity index (χ0n) is 3.34. The van der Waals surface area contributed by atoms with Gasteiger partial charge in [0.25, 0.3) is 0 Å². The molecule has 0 N–H and O–H groups in total. The summed E-state index contributed by atoms with van der Waals surface area (Å²) in [6.45, 7) is 0. The van der Waals surface area contributed by atoms with Crippen LogP contribution in [0.3, 0.4) is 0 Å². The van der Waals surface area contributed by atoms with Crippen molar-refractivity contribution in [3.8, 4) is 0 Å². The molecule has 7 heavy (non-hydrogen) atoms. The number of rotatable bonds is 0. The zero-order chi connectivity index (χ0) is 5.15. The number of carbonyl (C=O) groups is 2. The van der Waals surface area contributed by atoms with Crippen LogP contribution in [0.1, 0.15) is 0 Å². The molecule has 5 heteroatoms. The third kappa shape index (κ3) is 5.74. The van der Waals surface area contributed by atoms with Crippen molar-refractivity contribution in [1.29, 1.82) is 0 Å². The van der Waals surface area contributed by atoms with E-state index in [0.717, 1.165) is 0 Å². The van der Waals surface area contributed by atoms with Crippen molar-refractivity contribution >= 4 is 35.8 Å². The van der Waals surface area contributed by atoms with Crippen LogP contribution in [0.2, 0.25) is 0 Å². The summed E-state index contributed by atoms with van der Waals surface area (Å²) >= 11 is 0. The van der Waals surface area contributed by atoms with Gasteiger partial charge in [-0.2, -0.15) is 0 Å². The van der Waals surface area contributed by atoms with E-state index in [1.54, 1.807) is 0 Å². The third-order valence-electron chi connectivity index (χ3n) is 0.167. The van der Waals surface area contributed by atoms with Crippen molar-refractivity contribution in [1.82, 2.24) is 0 Å². The summed E-state index contributed by atoms with van der Waals surface area (Å²) in [7, 11) is 0. The Kier molecular flexibility index (Phi) is 5.52. The van der Waals surface area contributed by atoms with Crippen molar-refractivity contribution in [2.45, 2.75) is 0 Å². The average molecular weight is 209 g/mol. The Morgan fingerprint density at radius 1 is 1.00 bits per heavy atom. The normalized spacial score (nSPS) is 6.29. The molecule has 0 unspecified atom stereocenters. The van der Waals surface area contributed by atoms with Crippen molar-refractivity contribution in [2.75, 3.05) is 0 Å². The Bertz CT molecular complexity index is 75.7. The van der Waals surface area contributed by atoms with E-state index in [9.17, 15) is 0 Å². The molecule has 0 aliphatic heterocycles. The molecule has 0 fully saturated rings. The molecule has 0 amide bonds. The molecule has 0 bridgehead atoms. The van der Waals surface area contributed by atoms with Crippen LogP contribution < -0.4 is 10.2 Å². The maximum atomic E-state index is 8.93. The fourth-order valence-electron chi connectivity index (χ4n) is 0. The zero-order valence-corrected chi connectivity index (χ0v) is 7.38. The van der Waals surface area contributed by atoms with Crippen molar-refractivity contribution in [3.05, 3.63) is 0 Å². The fourth-order valence-corrected chi connectivity index (χ4v) is 0. The van der Waals surface area contributed by atoms with E-state index >= 15 is 0 Å². The summed E-state index contributed by atoms with van der Waals surface area (Å²) in [5.41, 5.74) is 0. The molecule has 0 aliphatic rings. The summed E-state index contributed by atoms with van der Waals surface area (Å²) in [5.74, 6) is -4.37. The Hall–Kier alpha value is -0.261. The van der Waals surface area contributed by atoms with Crippen LogP contribution in [0, 0.1) is 0 Å². The summed E-state index contributed by atoms with van der Waals surface area (Å²) in [4.78, 5) is 17.9. The van der Waals surface area contributed by atoms with Gasteiger partial charge in [-0.15, -0.1) is 0 Å². The van der Waals surface area contributed by atoms with Gasteiger partial charge in [0.15, 0.2) is 0 Å². The number of hydrogen-bond donors (Lipinski definition) is 0. The van der Waals surface area contributed by atoms with E-state index in [-0.39, 0.29) is 23.9 Å². The van der Waals surface area contributed by atoms with E-state index < -0.39 is 11.9 Å². The number of carbonyl (C=O) groups excluding carboxylic acids is 2. The summed E-state index contributed by atoms with van der Waals surface area (Å²) in [6, 6.07) is 0. The van der Waals surface area contributed by atoms with E-state index in [2.05, 4.69) is 0 Å². The maximum absolute atomic E-state index is 8.93. The molecule has 0 saturated heterocycles. The van der Waals surface area contributed by atoms with Gasteiger partial charge >= 0.3 is 23.9 Å². The Morgan fingerprint density at radius 2 is 1.14 bits per heavy atom. The quantitative estimate of drug-likeness (QED) is 0.297. The first-order chi connectivity index (χ1) is 2.64. The molecule has 0 rings (SSSR count). The molecule has 0 heterocycles. The first-order valence-corrected chi connectivity index (χ1v) is 1.07. The summed E-state index contributed by atoms with van der Waals surface area (Å²) in [5, 5.41) is 17.9. The Morgan fingerprint density at radius 3 is 1.14 bits per heavy atom. The molecule has 0 saturated carbocycles. The molecule has 0 spiro atoms. The first-order valence-electron chi connectivity index (χ1n) is 1.07. The number of aliphatic carboxylic acids is 2. The monoisotopic (exact) mass is 210 g/mol. The average Bonchev–Trinajstić information content (AvgIpc) is 1.36. The molecule has 0 aliphatic carbocycles. The molecular formula is C2H2O4Sn. The summed E-state index contributed by atoms with van der Waals surface area (Å²) in [6.07, 6.45) is 0. The van der Waals surface area contributed by atoms with Gasteiger partial charge in [-0.3, -0.25) is 0 Å². The van der Waals surface area contributed by atoms with Gasteiger partial charge in [0.1, 0.15) is 0 Å². The fraction of sp³-hybridized carbons (Fsp3) is 0. The third-order valence-corrected chi connectivity index (χ3v) is 0.167. The van der Waals surface area contributed by atoms with Gasteiger partial charge in [-0.05, 0) is 0 Å².